The Kier molecular flexibility index (Phi) is 3.54. The summed E-state index contributed by atoms with van der Waals surface area (Å²) in [6, 6.07) is 2.20. The second-order valence-corrected chi connectivity index (χ2v) is 6.56. The minimum absolute atomic E-state index is 0.299. The molecule has 0 unspecified atom stereocenters. The number of thiophene rings is 1. The molecule has 2 aliphatic rings. The smallest absolute Gasteiger partial charge is 0.181 e. The number of rotatable bonds is 2. The standard InChI is InChI=1S/C12H16BrNO2S/c13-10-6-11(17-8-10)7-14-3-1-2-12(9-14)15-4-5-16-12/h6,8H,1-5,7,9H2. The van der Waals surface area contributed by atoms with Crippen molar-refractivity contribution >= 4 is 27.3 Å². The van der Waals surface area contributed by atoms with E-state index < -0.39 is 0 Å². The van der Waals surface area contributed by atoms with Crippen LogP contribution in [0.4, 0.5) is 0 Å². The lowest BCUT2D eigenvalue weighted by Gasteiger charge is -2.38. The molecule has 3 nitrogen and oxygen atoms in total. The van der Waals surface area contributed by atoms with E-state index in [4.69, 9.17) is 9.47 Å². The molecule has 0 atom stereocenters. The van der Waals surface area contributed by atoms with Gasteiger partial charge in [-0.2, -0.15) is 0 Å². The largest absolute Gasteiger partial charge is 0.346 e. The molecule has 2 fully saturated rings. The first-order valence-corrected chi connectivity index (χ1v) is 7.66. The third-order valence-corrected chi connectivity index (χ3v) is 4.99. The SMILES string of the molecule is Brc1csc(CN2CCCC3(C2)OCCO3)c1. The number of hydrogen-bond donors (Lipinski definition) is 0. The zero-order chi connectivity index (χ0) is 11.7. The van der Waals surface area contributed by atoms with Gasteiger partial charge < -0.3 is 9.47 Å². The Morgan fingerprint density at radius 1 is 1.41 bits per heavy atom. The van der Waals surface area contributed by atoms with E-state index in [-0.39, 0.29) is 5.79 Å². The van der Waals surface area contributed by atoms with Gasteiger partial charge in [0.1, 0.15) is 0 Å². The second kappa shape index (κ2) is 4.97. The van der Waals surface area contributed by atoms with Gasteiger partial charge in [-0.15, -0.1) is 11.3 Å². The molecule has 0 radical (unpaired) electrons. The van der Waals surface area contributed by atoms with E-state index in [0.29, 0.717) is 0 Å². The van der Waals surface area contributed by atoms with Crippen LogP contribution in [0, 0.1) is 0 Å². The Bertz CT molecular complexity index is 390. The average molecular weight is 318 g/mol. The van der Waals surface area contributed by atoms with Gasteiger partial charge in [0.15, 0.2) is 5.79 Å². The van der Waals surface area contributed by atoms with Crippen LogP contribution < -0.4 is 0 Å². The van der Waals surface area contributed by atoms with Gasteiger partial charge >= 0.3 is 0 Å². The Morgan fingerprint density at radius 3 is 2.94 bits per heavy atom. The Labute approximate surface area is 114 Å². The summed E-state index contributed by atoms with van der Waals surface area (Å²) in [5.74, 6) is -0.299. The van der Waals surface area contributed by atoms with Gasteiger partial charge in [-0.1, -0.05) is 0 Å². The first-order chi connectivity index (χ1) is 8.26. The molecule has 0 aromatic carbocycles. The summed E-state index contributed by atoms with van der Waals surface area (Å²) in [5.41, 5.74) is 0. The van der Waals surface area contributed by atoms with E-state index >= 15 is 0 Å². The molecule has 3 heterocycles. The highest BCUT2D eigenvalue weighted by molar-refractivity contribution is 9.10. The molecular weight excluding hydrogens is 302 g/mol. The van der Waals surface area contributed by atoms with Crippen LogP contribution in [0.3, 0.4) is 0 Å². The maximum absolute atomic E-state index is 5.78. The highest BCUT2D eigenvalue weighted by Gasteiger charge is 2.40. The molecule has 0 aliphatic carbocycles. The molecule has 0 bridgehead atoms. The highest BCUT2D eigenvalue weighted by Crippen LogP contribution is 2.31. The monoisotopic (exact) mass is 317 g/mol. The maximum atomic E-state index is 5.78. The molecule has 1 spiro atoms. The molecule has 3 rings (SSSR count). The summed E-state index contributed by atoms with van der Waals surface area (Å²) >= 11 is 5.30. The molecule has 0 N–H and O–H groups in total. The van der Waals surface area contributed by atoms with Crippen LogP contribution in [-0.4, -0.2) is 37.0 Å². The van der Waals surface area contributed by atoms with E-state index in [1.165, 1.54) is 9.35 Å². The number of halogens is 1. The fourth-order valence-electron chi connectivity index (χ4n) is 2.60. The summed E-state index contributed by atoms with van der Waals surface area (Å²) in [4.78, 5) is 3.83. The van der Waals surface area contributed by atoms with Crippen molar-refractivity contribution in [2.75, 3.05) is 26.3 Å². The molecule has 2 saturated heterocycles. The second-order valence-electron chi connectivity index (χ2n) is 4.65. The lowest BCUT2D eigenvalue weighted by Crippen LogP contribution is -2.48. The predicted octanol–water partition coefficient (Wildman–Crippen LogP) is 2.85. The van der Waals surface area contributed by atoms with Crippen LogP contribution in [0.25, 0.3) is 0 Å². The number of nitrogens with zero attached hydrogens (tertiary/aromatic N) is 1. The minimum Gasteiger partial charge on any atom is -0.346 e. The van der Waals surface area contributed by atoms with Gasteiger partial charge in [-0.05, 0) is 35.0 Å². The fraction of sp³-hybridized carbons (Fsp3) is 0.667. The molecule has 0 amide bonds. The van der Waals surface area contributed by atoms with Crippen LogP contribution in [0.5, 0.6) is 0 Å². The summed E-state index contributed by atoms with van der Waals surface area (Å²) in [6.07, 6.45) is 2.20. The summed E-state index contributed by atoms with van der Waals surface area (Å²) in [7, 11) is 0. The fourth-order valence-corrected chi connectivity index (χ4v) is 4.09. The van der Waals surface area contributed by atoms with E-state index in [2.05, 4.69) is 32.3 Å². The van der Waals surface area contributed by atoms with Crippen LogP contribution in [0.1, 0.15) is 17.7 Å². The number of ether oxygens (including phenoxy) is 2. The Hall–Kier alpha value is 0.0600. The quantitative estimate of drug-likeness (QED) is 0.837. The van der Waals surface area contributed by atoms with Gasteiger partial charge in [-0.25, -0.2) is 0 Å². The van der Waals surface area contributed by atoms with Crippen molar-refractivity contribution in [2.45, 2.75) is 25.2 Å². The van der Waals surface area contributed by atoms with E-state index in [1.807, 2.05) is 0 Å². The molecule has 94 valence electrons. The minimum atomic E-state index is -0.299. The van der Waals surface area contributed by atoms with Crippen molar-refractivity contribution in [3.8, 4) is 0 Å². The van der Waals surface area contributed by atoms with Crippen molar-refractivity contribution in [3.05, 3.63) is 20.8 Å². The Balaban J connectivity index is 1.64. The highest BCUT2D eigenvalue weighted by atomic mass is 79.9. The topological polar surface area (TPSA) is 21.7 Å². The normalized spacial score (nSPS) is 24.5. The molecule has 17 heavy (non-hydrogen) atoms. The van der Waals surface area contributed by atoms with Gasteiger partial charge in [0.05, 0.1) is 19.8 Å². The zero-order valence-electron chi connectivity index (χ0n) is 9.65. The molecule has 5 heteroatoms. The van der Waals surface area contributed by atoms with Crippen LogP contribution in [0.15, 0.2) is 15.9 Å². The van der Waals surface area contributed by atoms with E-state index in [1.54, 1.807) is 11.3 Å². The van der Waals surface area contributed by atoms with Gasteiger partial charge in [0.2, 0.25) is 0 Å². The van der Waals surface area contributed by atoms with Crippen molar-refractivity contribution in [2.24, 2.45) is 0 Å². The Morgan fingerprint density at radius 2 is 2.24 bits per heavy atom. The van der Waals surface area contributed by atoms with Crippen molar-refractivity contribution in [1.82, 2.24) is 4.90 Å². The number of likely N-dealkylation sites (tertiary alicyclic amines) is 1. The van der Waals surface area contributed by atoms with Crippen LogP contribution in [-0.2, 0) is 16.0 Å². The third kappa shape index (κ3) is 2.74. The first kappa shape index (κ1) is 12.1. The molecule has 2 aliphatic heterocycles. The molecule has 0 saturated carbocycles. The van der Waals surface area contributed by atoms with E-state index in [9.17, 15) is 0 Å². The van der Waals surface area contributed by atoms with Crippen LogP contribution in [0.2, 0.25) is 0 Å². The predicted molar refractivity (Wildman–Crippen MR) is 71.2 cm³/mol. The van der Waals surface area contributed by atoms with Gasteiger partial charge in [0.25, 0.3) is 0 Å². The van der Waals surface area contributed by atoms with Gasteiger partial charge in [0, 0.05) is 27.7 Å². The van der Waals surface area contributed by atoms with E-state index in [0.717, 1.165) is 45.7 Å². The lowest BCUT2D eigenvalue weighted by molar-refractivity contribution is -0.190. The first-order valence-electron chi connectivity index (χ1n) is 5.99. The molecule has 1 aromatic heterocycles. The number of piperidine rings is 1. The summed E-state index contributed by atoms with van der Waals surface area (Å²) in [5, 5.41) is 2.14. The average Bonchev–Trinajstić information content (AvgIpc) is 2.89. The lowest BCUT2D eigenvalue weighted by atomic mass is 10.0. The molecular formula is C12H16BrNO2S. The third-order valence-electron chi connectivity index (χ3n) is 3.31. The summed E-state index contributed by atoms with van der Waals surface area (Å²) < 4.78 is 12.7. The zero-order valence-corrected chi connectivity index (χ0v) is 12.1. The van der Waals surface area contributed by atoms with Crippen molar-refractivity contribution in [1.29, 1.82) is 0 Å². The maximum Gasteiger partial charge on any atom is 0.181 e. The van der Waals surface area contributed by atoms with Crippen LogP contribution >= 0.6 is 27.3 Å². The van der Waals surface area contributed by atoms with Crippen molar-refractivity contribution < 1.29 is 9.47 Å². The summed E-state index contributed by atoms with van der Waals surface area (Å²) in [6.45, 7) is 4.55. The molecule has 1 aromatic rings. The number of hydrogen-bond acceptors (Lipinski definition) is 4. The van der Waals surface area contributed by atoms with Gasteiger partial charge in [-0.3, -0.25) is 4.90 Å². The van der Waals surface area contributed by atoms with Crippen molar-refractivity contribution in [3.63, 3.8) is 0 Å².